The zero-order chi connectivity index (χ0) is 14.9. The Morgan fingerprint density at radius 1 is 1.55 bits per heavy atom. The maximum atomic E-state index is 11.3. The summed E-state index contributed by atoms with van der Waals surface area (Å²) in [5.41, 5.74) is 5.34. The summed E-state index contributed by atoms with van der Waals surface area (Å²) in [6.07, 6.45) is -3.19. The number of imidazole rings is 1. The normalized spacial score (nSPS) is 29.0. The number of ether oxygens (including phenoxy) is 1. The van der Waals surface area contributed by atoms with E-state index in [-0.39, 0.29) is 11.4 Å². The Morgan fingerprint density at radius 3 is 2.75 bits per heavy atom. The SMILES string of the molecule is CC#Cc1c(C(N)=O)ncn1[C@@H]1O[C@H](CO)[C@@H](O)[C@H]1O. The summed E-state index contributed by atoms with van der Waals surface area (Å²) in [4.78, 5) is 15.1. The van der Waals surface area contributed by atoms with Crippen LogP contribution in [-0.2, 0) is 4.74 Å². The van der Waals surface area contributed by atoms with Gasteiger partial charge in [-0.2, -0.15) is 0 Å². The highest BCUT2D eigenvalue weighted by molar-refractivity contribution is 5.93. The van der Waals surface area contributed by atoms with E-state index in [1.54, 1.807) is 6.92 Å². The van der Waals surface area contributed by atoms with E-state index in [0.717, 1.165) is 0 Å². The van der Waals surface area contributed by atoms with Gasteiger partial charge in [0.15, 0.2) is 11.9 Å². The topological polar surface area (TPSA) is 131 Å². The van der Waals surface area contributed by atoms with Gasteiger partial charge in [-0.15, -0.1) is 0 Å². The molecule has 1 aliphatic rings. The quantitative estimate of drug-likeness (QED) is 0.472. The molecule has 8 heteroatoms. The van der Waals surface area contributed by atoms with E-state index in [1.165, 1.54) is 10.9 Å². The molecule has 8 nitrogen and oxygen atoms in total. The number of carbonyl (C=O) groups excluding carboxylic acids is 1. The third kappa shape index (κ3) is 2.28. The van der Waals surface area contributed by atoms with E-state index in [4.69, 9.17) is 15.6 Å². The lowest BCUT2D eigenvalue weighted by Crippen LogP contribution is -2.33. The van der Waals surface area contributed by atoms with Gasteiger partial charge in [-0.1, -0.05) is 5.92 Å². The molecule has 4 atom stereocenters. The zero-order valence-corrected chi connectivity index (χ0v) is 10.7. The number of nitrogens with zero attached hydrogens (tertiary/aromatic N) is 2. The molecule has 2 heterocycles. The van der Waals surface area contributed by atoms with Crippen molar-refractivity contribution < 1.29 is 24.9 Å². The zero-order valence-electron chi connectivity index (χ0n) is 10.7. The summed E-state index contributed by atoms with van der Waals surface area (Å²) in [6, 6.07) is 0. The van der Waals surface area contributed by atoms with Crippen LogP contribution in [0.3, 0.4) is 0 Å². The Labute approximate surface area is 114 Å². The molecule has 1 amide bonds. The Bertz CT molecular complexity index is 573. The van der Waals surface area contributed by atoms with E-state index >= 15 is 0 Å². The van der Waals surface area contributed by atoms with Crippen LogP contribution >= 0.6 is 0 Å². The van der Waals surface area contributed by atoms with Crippen LogP contribution < -0.4 is 5.73 Å². The minimum Gasteiger partial charge on any atom is -0.394 e. The van der Waals surface area contributed by atoms with Crippen LogP contribution in [0, 0.1) is 11.8 Å². The Hall–Kier alpha value is -1.92. The monoisotopic (exact) mass is 281 g/mol. The number of primary amides is 1. The fraction of sp³-hybridized carbons (Fsp3) is 0.500. The van der Waals surface area contributed by atoms with Gasteiger partial charge in [0.25, 0.3) is 5.91 Å². The molecule has 1 saturated heterocycles. The van der Waals surface area contributed by atoms with Crippen molar-refractivity contribution in [1.82, 2.24) is 9.55 Å². The number of rotatable bonds is 3. The lowest BCUT2D eigenvalue weighted by molar-refractivity contribution is -0.0531. The van der Waals surface area contributed by atoms with Crippen LogP contribution in [0.5, 0.6) is 0 Å². The standard InChI is InChI=1S/C12H15N3O5/c1-2-3-6-8(11(13)19)14-5-15(6)12-10(18)9(17)7(4-16)20-12/h5,7,9-10,12,16-18H,4H2,1H3,(H2,13,19)/t7-,9-,10-,12-/m1/s1. The molecular weight excluding hydrogens is 266 g/mol. The van der Waals surface area contributed by atoms with E-state index in [0.29, 0.717) is 0 Å². The number of hydrogen-bond donors (Lipinski definition) is 4. The van der Waals surface area contributed by atoms with Crippen LogP contribution in [0.2, 0.25) is 0 Å². The number of amides is 1. The minimum atomic E-state index is -1.28. The van der Waals surface area contributed by atoms with Crippen molar-refractivity contribution >= 4 is 5.91 Å². The second-order valence-corrected chi connectivity index (χ2v) is 4.32. The maximum Gasteiger partial charge on any atom is 0.270 e. The average molecular weight is 281 g/mol. The fourth-order valence-corrected chi connectivity index (χ4v) is 2.09. The van der Waals surface area contributed by atoms with Crippen molar-refractivity contribution in [3.8, 4) is 11.8 Å². The second kappa shape index (κ2) is 5.60. The highest BCUT2D eigenvalue weighted by Gasteiger charge is 2.44. The smallest absolute Gasteiger partial charge is 0.270 e. The molecule has 2 rings (SSSR count). The first-order valence-electron chi connectivity index (χ1n) is 5.93. The van der Waals surface area contributed by atoms with E-state index in [2.05, 4.69) is 16.8 Å². The van der Waals surface area contributed by atoms with Crippen molar-refractivity contribution in [2.24, 2.45) is 5.73 Å². The number of hydrogen-bond acceptors (Lipinski definition) is 6. The summed E-state index contributed by atoms with van der Waals surface area (Å²) >= 11 is 0. The van der Waals surface area contributed by atoms with Crippen LogP contribution in [0.4, 0.5) is 0 Å². The molecule has 0 aromatic carbocycles. The highest BCUT2D eigenvalue weighted by atomic mass is 16.6. The average Bonchev–Trinajstić information content (AvgIpc) is 2.94. The summed E-state index contributed by atoms with van der Waals surface area (Å²) in [6.45, 7) is 1.13. The molecule has 1 aliphatic heterocycles. The summed E-state index contributed by atoms with van der Waals surface area (Å²) in [7, 11) is 0. The van der Waals surface area contributed by atoms with Crippen LogP contribution in [0.15, 0.2) is 6.33 Å². The third-order valence-corrected chi connectivity index (χ3v) is 3.06. The van der Waals surface area contributed by atoms with Crippen LogP contribution in [0.25, 0.3) is 0 Å². The summed E-state index contributed by atoms with van der Waals surface area (Å²) in [5, 5.41) is 28.7. The highest BCUT2D eigenvalue weighted by Crippen LogP contribution is 2.30. The van der Waals surface area contributed by atoms with Gasteiger partial charge in [0, 0.05) is 0 Å². The largest absolute Gasteiger partial charge is 0.394 e. The molecule has 20 heavy (non-hydrogen) atoms. The van der Waals surface area contributed by atoms with Gasteiger partial charge in [0.2, 0.25) is 0 Å². The molecular formula is C12H15N3O5. The molecule has 0 bridgehead atoms. The van der Waals surface area contributed by atoms with Gasteiger partial charge in [-0.05, 0) is 12.8 Å². The van der Waals surface area contributed by atoms with Gasteiger partial charge >= 0.3 is 0 Å². The Morgan fingerprint density at radius 2 is 2.25 bits per heavy atom. The molecule has 0 unspecified atom stereocenters. The molecule has 0 spiro atoms. The molecule has 1 aromatic rings. The Kier molecular flexibility index (Phi) is 4.06. The summed E-state index contributed by atoms with van der Waals surface area (Å²) < 4.78 is 6.67. The number of aliphatic hydroxyl groups is 3. The molecule has 5 N–H and O–H groups in total. The van der Waals surface area contributed by atoms with Gasteiger partial charge in [0.1, 0.15) is 24.0 Å². The predicted octanol–water partition coefficient (Wildman–Crippen LogP) is -2.04. The molecule has 0 saturated carbocycles. The number of aromatic nitrogens is 2. The third-order valence-electron chi connectivity index (χ3n) is 3.06. The Balaban J connectivity index is 2.43. The van der Waals surface area contributed by atoms with Crippen molar-refractivity contribution in [2.75, 3.05) is 6.61 Å². The summed E-state index contributed by atoms with van der Waals surface area (Å²) in [5.74, 6) is 4.52. The van der Waals surface area contributed by atoms with Crippen molar-refractivity contribution in [1.29, 1.82) is 0 Å². The molecule has 1 fully saturated rings. The van der Waals surface area contributed by atoms with Gasteiger partial charge in [0.05, 0.1) is 12.9 Å². The number of nitrogens with two attached hydrogens (primary N) is 1. The van der Waals surface area contributed by atoms with E-state index < -0.39 is 37.1 Å². The number of carbonyl (C=O) groups is 1. The van der Waals surface area contributed by atoms with Crippen molar-refractivity contribution in [2.45, 2.75) is 31.5 Å². The predicted molar refractivity (Wildman–Crippen MR) is 66.3 cm³/mol. The molecule has 1 aromatic heterocycles. The minimum absolute atomic E-state index is 0.0444. The first-order valence-corrected chi connectivity index (χ1v) is 5.93. The first-order chi connectivity index (χ1) is 9.51. The second-order valence-electron chi connectivity index (χ2n) is 4.32. The van der Waals surface area contributed by atoms with Gasteiger partial charge in [-0.25, -0.2) is 4.98 Å². The molecule has 0 aliphatic carbocycles. The maximum absolute atomic E-state index is 11.3. The molecule has 0 radical (unpaired) electrons. The lowest BCUT2D eigenvalue weighted by atomic mass is 10.1. The van der Waals surface area contributed by atoms with E-state index in [9.17, 15) is 15.0 Å². The van der Waals surface area contributed by atoms with E-state index in [1.807, 2.05) is 0 Å². The van der Waals surface area contributed by atoms with Gasteiger partial charge in [-0.3, -0.25) is 9.36 Å². The van der Waals surface area contributed by atoms with Crippen LogP contribution in [0.1, 0.15) is 29.3 Å². The van der Waals surface area contributed by atoms with Crippen LogP contribution in [-0.4, -0.2) is 55.7 Å². The first kappa shape index (κ1) is 14.5. The van der Waals surface area contributed by atoms with Crippen molar-refractivity contribution in [3.63, 3.8) is 0 Å². The lowest BCUT2D eigenvalue weighted by Gasteiger charge is -2.17. The number of aliphatic hydroxyl groups excluding tert-OH is 3. The fourth-order valence-electron chi connectivity index (χ4n) is 2.09. The van der Waals surface area contributed by atoms with Crippen molar-refractivity contribution in [3.05, 3.63) is 17.7 Å². The van der Waals surface area contributed by atoms with Gasteiger partial charge < -0.3 is 25.8 Å². The molecule has 108 valence electrons.